The molecule has 5 heteroatoms. The van der Waals surface area contributed by atoms with E-state index < -0.39 is 11.7 Å². The van der Waals surface area contributed by atoms with E-state index in [1.807, 2.05) is 0 Å². The summed E-state index contributed by atoms with van der Waals surface area (Å²) < 4.78 is 13.8. The number of nitrogens with one attached hydrogen (secondary N) is 1. The number of hydrogen-bond acceptors (Lipinski definition) is 3. The number of carbonyl (C=O) groups is 1. The Balaban J connectivity index is 2.15. The highest BCUT2D eigenvalue weighted by Crippen LogP contribution is 2.15. The van der Waals surface area contributed by atoms with Crippen molar-refractivity contribution in [3.05, 3.63) is 65.0 Å². The van der Waals surface area contributed by atoms with Gasteiger partial charge in [-0.2, -0.15) is 5.26 Å². The maximum absolute atomic E-state index is 13.8. The van der Waals surface area contributed by atoms with E-state index in [9.17, 15) is 9.18 Å². The second-order valence-corrected chi connectivity index (χ2v) is 4.19. The van der Waals surface area contributed by atoms with E-state index in [1.165, 1.54) is 6.07 Å². The topological polar surface area (TPSA) is 78.9 Å². The minimum Gasteiger partial charge on any atom is -0.381 e. The van der Waals surface area contributed by atoms with Crippen molar-refractivity contribution >= 4 is 11.6 Å². The van der Waals surface area contributed by atoms with E-state index in [0.717, 1.165) is 0 Å². The molecule has 20 heavy (non-hydrogen) atoms. The van der Waals surface area contributed by atoms with E-state index in [0.29, 0.717) is 16.8 Å². The summed E-state index contributed by atoms with van der Waals surface area (Å²) in [4.78, 5) is 11.1. The van der Waals surface area contributed by atoms with E-state index in [2.05, 4.69) is 5.32 Å². The van der Waals surface area contributed by atoms with Crippen molar-refractivity contribution in [3.63, 3.8) is 0 Å². The average molecular weight is 269 g/mol. The van der Waals surface area contributed by atoms with Crippen molar-refractivity contribution in [1.29, 1.82) is 5.26 Å². The molecule has 0 heterocycles. The molecule has 2 aromatic rings. The number of nitrogens with two attached hydrogens (primary N) is 1. The van der Waals surface area contributed by atoms with E-state index >= 15 is 0 Å². The zero-order valence-electron chi connectivity index (χ0n) is 10.6. The third-order valence-electron chi connectivity index (χ3n) is 2.83. The Morgan fingerprint density at radius 2 is 2.05 bits per heavy atom. The van der Waals surface area contributed by atoms with Gasteiger partial charge in [-0.1, -0.05) is 18.2 Å². The van der Waals surface area contributed by atoms with Crippen molar-refractivity contribution in [2.24, 2.45) is 5.73 Å². The Bertz CT molecular complexity index is 692. The molecule has 0 aliphatic heterocycles. The molecule has 0 aromatic heterocycles. The van der Waals surface area contributed by atoms with Crippen LogP contribution in [0.25, 0.3) is 0 Å². The number of benzene rings is 2. The van der Waals surface area contributed by atoms with Crippen molar-refractivity contribution < 1.29 is 9.18 Å². The smallest absolute Gasteiger partial charge is 0.248 e. The predicted molar refractivity (Wildman–Crippen MR) is 73.4 cm³/mol. The number of primary amides is 1. The summed E-state index contributed by atoms with van der Waals surface area (Å²) in [5.74, 6) is -1.06. The predicted octanol–water partition coefficient (Wildman–Crippen LogP) is 2.41. The minimum absolute atomic E-state index is 0.00943. The van der Waals surface area contributed by atoms with E-state index in [-0.39, 0.29) is 12.1 Å². The fourth-order valence-corrected chi connectivity index (χ4v) is 1.78. The maximum Gasteiger partial charge on any atom is 0.248 e. The van der Waals surface area contributed by atoms with Gasteiger partial charge in [-0.3, -0.25) is 4.79 Å². The quantitative estimate of drug-likeness (QED) is 0.894. The number of amides is 1. The largest absolute Gasteiger partial charge is 0.381 e. The summed E-state index contributed by atoms with van der Waals surface area (Å²) in [6, 6.07) is 13.1. The number of anilines is 1. The van der Waals surface area contributed by atoms with E-state index in [4.69, 9.17) is 11.0 Å². The van der Waals surface area contributed by atoms with Crippen LogP contribution in [-0.4, -0.2) is 5.91 Å². The van der Waals surface area contributed by atoms with Crippen LogP contribution in [0.5, 0.6) is 0 Å². The van der Waals surface area contributed by atoms with Crippen molar-refractivity contribution in [1.82, 2.24) is 0 Å². The van der Waals surface area contributed by atoms with Crippen molar-refractivity contribution in [2.75, 3.05) is 5.32 Å². The molecule has 0 saturated carbocycles. The second kappa shape index (κ2) is 5.85. The molecule has 0 aliphatic carbocycles. The molecule has 0 saturated heterocycles. The highest BCUT2D eigenvalue weighted by molar-refractivity contribution is 5.93. The zero-order chi connectivity index (χ0) is 14.5. The Kier molecular flexibility index (Phi) is 3.96. The standard InChI is InChI=1S/C15H12FN3O/c16-14-11(8-17)4-1-5-12(14)9-19-13-6-2-3-10(7-13)15(18)20/h1-7,19H,9H2,(H2,18,20). The molecular formula is C15H12FN3O. The van der Waals surface area contributed by atoms with Crippen LogP contribution in [0.1, 0.15) is 21.5 Å². The maximum atomic E-state index is 13.8. The summed E-state index contributed by atoms with van der Waals surface area (Å²) in [7, 11) is 0. The van der Waals surface area contributed by atoms with Gasteiger partial charge in [0.2, 0.25) is 5.91 Å². The van der Waals surface area contributed by atoms with Gasteiger partial charge in [-0.05, 0) is 24.3 Å². The molecule has 0 aliphatic rings. The highest BCUT2D eigenvalue weighted by Gasteiger charge is 2.07. The minimum atomic E-state index is -0.534. The number of nitrogens with zero attached hydrogens (tertiary/aromatic N) is 1. The molecule has 100 valence electrons. The van der Waals surface area contributed by atoms with Gasteiger partial charge < -0.3 is 11.1 Å². The Morgan fingerprint density at radius 3 is 2.75 bits per heavy atom. The molecule has 2 aromatic carbocycles. The Morgan fingerprint density at radius 1 is 1.30 bits per heavy atom. The first-order valence-corrected chi connectivity index (χ1v) is 5.93. The van der Waals surface area contributed by atoms with Gasteiger partial charge in [0.15, 0.2) is 0 Å². The summed E-state index contributed by atoms with van der Waals surface area (Å²) in [5, 5.41) is 11.8. The van der Waals surface area contributed by atoms with Gasteiger partial charge in [0, 0.05) is 23.4 Å². The SMILES string of the molecule is N#Cc1cccc(CNc2cccc(C(N)=O)c2)c1F. The fourth-order valence-electron chi connectivity index (χ4n) is 1.78. The number of hydrogen-bond donors (Lipinski definition) is 2. The summed E-state index contributed by atoms with van der Waals surface area (Å²) >= 11 is 0. The lowest BCUT2D eigenvalue weighted by atomic mass is 10.1. The molecular weight excluding hydrogens is 257 g/mol. The molecule has 2 rings (SSSR count). The number of halogens is 1. The van der Waals surface area contributed by atoms with Crippen LogP contribution in [0.2, 0.25) is 0 Å². The monoisotopic (exact) mass is 269 g/mol. The zero-order valence-corrected chi connectivity index (χ0v) is 10.6. The summed E-state index contributed by atoms with van der Waals surface area (Å²) in [5.41, 5.74) is 6.61. The van der Waals surface area contributed by atoms with Gasteiger partial charge in [-0.15, -0.1) is 0 Å². The molecule has 3 N–H and O–H groups in total. The van der Waals surface area contributed by atoms with Crippen molar-refractivity contribution in [3.8, 4) is 6.07 Å². The van der Waals surface area contributed by atoms with Gasteiger partial charge >= 0.3 is 0 Å². The first-order valence-electron chi connectivity index (χ1n) is 5.93. The van der Waals surface area contributed by atoms with Crippen LogP contribution < -0.4 is 11.1 Å². The molecule has 0 radical (unpaired) electrons. The third-order valence-corrected chi connectivity index (χ3v) is 2.83. The van der Waals surface area contributed by atoms with Gasteiger partial charge in [0.1, 0.15) is 11.9 Å². The van der Waals surface area contributed by atoms with Crippen LogP contribution >= 0.6 is 0 Å². The van der Waals surface area contributed by atoms with Crippen LogP contribution in [-0.2, 0) is 6.54 Å². The number of nitriles is 1. The van der Waals surface area contributed by atoms with Crippen LogP contribution in [0.3, 0.4) is 0 Å². The van der Waals surface area contributed by atoms with Gasteiger partial charge in [-0.25, -0.2) is 4.39 Å². The molecule has 0 spiro atoms. The lowest BCUT2D eigenvalue weighted by Gasteiger charge is -2.09. The van der Waals surface area contributed by atoms with E-state index in [1.54, 1.807) is 42.5 Å². The van der Waals surface area contributed by atoms with Gasteiger partial charge in [0.05, 0.1) is 5.56 Å². The third kappa shape index (κ3) is 2.93. The molecule has 4 nitrogen and oxygen atoms in total. The van der Waals surface area contributed by atoms with Crippen LogP contribution in [0.15, 0.2) is 42.5 Å². The van der Waals surface area contributed by atoms with Crippen molar-refractivity contribution in [2.45, 2.75) is 6.54 Å². The molecule has 0 bridgehead atoms. The normalized spacial score (nSPS) is 9.80. The molecule has 1 amide bonds. The average Bonchev–Trinajstić information content (AvgIpc) is 2.46. The Labute approximate surface area is 115 Å². The fraction of sp³-hybridized carbons (Fsp3) is 0.0667. The number of rotatable bonds is 4. The van der Waals surface area contributed by atoms with Gasteiger partial charge in [0.25, 0.3) is 0 Å². The second-order valence-electron chi connectivity index (χ2n) is 4.19. The molecule has 0 unspecified atom stereocenters. The highest BCUT2D eigenvalue weighted by atomic mass is 19.1. The summed E-state index contributed by atoms with van der Waals surface area (Å²) in [6.07, 6.45) is 0. The first-order chi connectivity index (χ1) is 9.61. The molecule has 0 fully saturated rings. The lowest BCUT2D eigenvalue weighted by Crippen LogP contribution is -2.11. The van der Waals surface area contributed by atoms with Crippen LogP contribution in [0.4, 0.5) is 10.1 Å². The lowest BCUT2D eigenvalue weighted by molar-refractivity contribution is 0.100. The van der Waals surface area contributed by atoms with Crippen LogP contribution in [0, 0.1) is 17.1 Å². The molecule has 0 atom stereocenters. The Hall–Kier alpha value is -2.87. The first kappa shape index (κ1) is 13.6. The summed E-state index contributed by atoms with van der Waals surface area (Å²) in [6.45, 7) is 0.212. The number of carbonyl (C=O) groups excluding carboxylic acids is 1.